The minimum atomic E-state index is -0.0947. The number of fused-ring (bicyclic) bond motifs is 1. The normalized spacial score (nSPS) is 30.3. The van der Waals surface area contributed by atoms with E-state index in [4.69, 9.17) is 4.98 Å². The van der Waals surface area contributed by atoms with Gasteiger partial charge in [0, 0.05) is 48.5 Å². The molecule has 2 aromatic rings. The van der Waals surface area contributed by atoms with Crippen molar-refractivity contribution in [1.82, 2.24) is 30.7 Å². The van der Waals surface area contributed by atoms with Crippen molar-refractivity contribution < 1.29 is 4.79 Å². The molecule has 6 rings (SSSR count). The van der Waals surface area contributed by atoms with E-state index in [9.17, 15) is 4.79 Å². The predicted octanol–water partition coefficient (Wildman–Crippen LogP) is 1.61. The molecule has 2 aliphatic heterocycles. The molecule has 4 fully saturated rings. The Morgan fingerprint density at radius 3 is 2.87 bits per heavy atom. The summed E-state index contributed by atoms with van der Waals surface area (Å²) in [5.41, 5.74) is 9.94. The van der Waals surface area contributed by atoms with Gasteiger partial charge in [0.1, 0.15) is 11.5 Å². The van der Waals surface area contributed by atoms with E-state index in [0.717, 1.165) is 43.0 Å². The van der Waals surface area contributed by atoms with Gasteiger partial charge in [0.15, 0.2) is 0 Å². The van der Waals surface area contributed by atoms with Crippen LogP contribution >= 0.6 is 0 Å². The van der Waals surface area contributed by atoms with Gasteiger partial charge in [-0.05, 0) is 57.1 Å². The molecule has 8 nitrogen and oxygen atoms in total. The SMILES string of the molecule is Cc1nc(N2CC3(CC3)C2)ccc1Cn1cnc(C(=O)N[C@@H]2CCC3C(C)NNC32)c1. The number of hydrogen-bond acceptors (Lipinski definition) is 6. The van der Waals surface area contributed by atoms with Crippen LogP contribution in [-0.2, 0) is 6.54 Å². The molecule has 0 radical (unpaired) electrons. The molecule has 0 bridgehead atoms. The summed E-state index contributed by atoms with van der Waals surface area (Å²) in [5, 5.41) is 3.19. The Bertz CT molecular complexity index is 1010. The molecule has 2 aromatic heterocycles. The lowest BCUT2D eigenvalue weighted by Gasteiger charge is -2.41. The molecule has 3 unspecified atom stereocenters. The number of nitrogens with one attached hydrogen (secondary N) is 3. The summed E-state index contributed by atoms with van der Waals surface area (Å²) in [6.07, 6.45) is 8.48. The standard InChI is InChI=1S/C23H31N7O/c1-14-16(3-6-20(25-14)30-11-23(12-30)7-8-23)9-29-10-19(24-13-29)22(31)26-18-5-4-17-15(2)27-28-21(17)18/h3,6,10,13,15,17-18,21,27-28H,4-5,7-9,11-12H2,1-2H3,(H,26,31)/t15?,17?,18-,21?/m1/s1. The van der Waals surface area contributed by atoms with Crippen LogP contribution in [0, 0.1) is 18.3 Å². The van der Waals surface area contributed by atoms with Crippen molar-refractivity contribution in [2.75, 3.05) is 18.0 Å². The van der Waals surface area contributed by atoms with E-state index in [1.807, 2.05) is 10.8 Å². The van der Waals surface area contributed by atoms with Crippen molar-refractivity contribution in [3.63, 3.8) is 0 Å². The summed E-state index contributed by atoms with van der Waals surface area (Å²) in [4.78, 5) is 24.3. The summed E-state index contributed by atoms with van der Waals surface area (Å²) >= 11 is 0. The average Bonchev–Trinajstić information content (AvgIpc) is 3.04. The van der Waals surface area contributed by atoms with Crippen LogP contribution in [0.25, 0.3) is 0 Å². The third-order valence-electron chi connectivity index (χ3n) is 7.88. The van der Waals surface area contributed by atoms with Crippen molar-refractivity contribution in [2.24, 2.45) is 11.3 Å². The molecular formula is C23H31N7O. The summed E-state index contributed by atoms with van der Waals surface area (Å²) in [6, 6.07) is 5.19. The van der Waals surface area contributed by atoms with E-state index >= 15 is 0 Å². The highest BCUT2D eigenvalue weighted by Crippen LogP contribution is 2.53. The van der Waals surface area contributed by atoms with Crippen LogP contribution in [-0.4, -0.2) is 51.7 Å². The molecular weight excluding hydrogens is 390 g/mol. The van der Waals surface area contributed by atoms with Crippen LogP contribution < -0.4 is 21.1 Å². The Morgan fingerprint density at radius 1 is 1.26 bits per heavy atom. The lowest BCUT2D eigenvalue weighted by atomic mass is 9.97. The molecule has 4 atom stereocenters. The molecule has 1 amide bonds. The maximum Gasteiger partial charge on any atom is 0.271 e. The van der Waals surface area contributed by atoms with Crippen molar-refractivity contribution in [1.29, 1.82) is 0 Å². The molecule has 2 aliphatic carbocycles. The maximum absolute atomic E-state index is 12.8. The topological polar surface area (TPSA) is 87.1 Å². The predicted molar refractivity (Wildman–Crippen MR) is 118 cm³/mol. The highest BCUT2D eigenvalue weighted by molar-refractivity contribution is 5.92. The van der Waals surface area contributed by atoms with Gasteiger partial charge in [0.05, 0.1) is 12.9 Å². The van der Waals surface area contributed by atoms with Gasteiger partial charge in [-0.3, -0.25) is 15.6 Å². The van der Waals surface area contributed by atoms with E-state index in [0.29, 0.717) is 35.7 Å². The molecule has 8 heteroatoms. The third kappa shape index (κ3) is 3.42. The number of imidazole rings is 1. The lowest BCUT2D eigenvalue weighted by molar-refractivity contribution is 0.0927. The first kappa shape index (κ1) is 19.3. The average molecular weight is 422 g/mol. The van der Waals surface area contributed by atoms with Crippen LogP contribution in [0.4, 0.5) is 5.82 Å². The fourth-order valence-electron chi connectivity index (χ4n) is 5.64. The quantitative estimate of drug-likeness (QED) is 0.680. The Labute approximate surface area is 182 Å². The second-order valence-corrected chi connectivity index (χ2v) is 10.1. The zero-order valence-electron chi connectivity index (χ0n) is 18.3. The fraction of sp³-hybridized carbons (Fsp3) is 0.609. The van der Waals surface area contributed by atoms with E-state index in [1.54, 1.807) is 6.33 Å². The van der Waals surface area contributed by atoms with Crippen LogP contribution in [0.1, 0.15) is 54.4 Å². The fourth-order valence-corrected chi connectivity index (χ4v) is 5.64. The molecule has 1 spiro atoms. The first-order valence-corrected chi connectivity index (χ1v) is 11.5. The van der Waals surface area contributed by atoms with Crippen molar-refractivity contribution in [3.8, 4) is 0 Å². The number of hydrazine groups is 1. The minimum absolute atomic E-state index is 0.0947. The number of rotatable bonds is 5. The number of nitrogens with zero attached hydrogens (tertiary/aromatic N) is 4. The van der Waals surface area contributed by atoms with Gasteiger partial charge in [-0.1, -0.05) is 6.07 Å². The zero-order chi connectivity index (χ0) is 21.2. The third-order valence-corrected chi connectivity index (χ3v) is 7.88. The molecule has 2 saturated heterocycles. The van der Waals surface area contributed by atoms with Gasteiger partial charge in [-0.25, -0.2) is 9.97 Å². The van der Waals surface area contributed by atoms with Crippen molar-refractivity contribution in [3.05, 3.63) is 41.6 Å². The monoisotopic (exact) mass is 421 g/mol. The molecule has 31 heavy (non-hydrogen) atoms. The number of carbonyl (C=O) groups is 1. The second-order valence-electron chi connectivity index (χ2n) is 10.1. The number of aromatic nitrogens is 3. The number of amides is 1. The van der Waals surface area contributed by atoms with Gasteiger partial charge in [0.25, 0.3) is 5.91 Å². The molecule has 4 heterocycles. The number of hydrogen-bond donors (Lipinski definition) is 3. The first-order valence-electron chi connectivity index (χ1n) is 11.5. The van der Waals surface area contributed by atoms with Gasteiger partial charge < -0.3 is 14.8 Å². The van der Waals surface area contributed by atoms with Crippen molar-refractivity contribution in [2.45, 2.75) is 64.2 Å². The van der Waals surface area contributed by atoms with Crippen LogP contribution in [0.15, 0.2) is 24.7 Å². The first-order chi connectivity index (χ1) is 15.0. The van der Waals surface area contributed by atoms with Crippen LogP contribution in [0.3, 0.4) is 0 Å². The summed E-state index contributed by atoms with van der Waals surface area (Å²) in [7, 11) is 0. The van der Waals surface area contributed by atoms with E-state index in [2.05, 4.69) is 52.0 Å². The number of aryl methyl sites for hydroxylation is 1. The molecule has 164 valence electrons. The Hall–Kier alpha value is -2.45. The Balaban J connectivity index is 1.08. The zero-order valence-corrected chi connectivity index (χ0v) is 18.3. The second kappa shape index (κ2) is 7.03. The summed E-state index contributed by atoms with van der Waals surface area (Å²) in [6.45, 7) is 7.24. The number of carbonyl (C=O) groups excluding carboxylic acids is 1. The number of pyridine rings is 1. The van der Waals surface area contributed by atoms with Crippen molar-refractivity contribution >= 4 is 11.7 Å². The smallest absolute Gasteiger partial charge is 0.271 e. The van der Waals surface area contributed by atoms with Crippen LogP contribution in [0.5, 0.6) is 0 Å². The van der Waals surface area contributed by atoms with Gasteiger partial charge in [0.2, 0.25) is 0 Å². The highest BCUT2D eigenvalue weighted by atomic mass is 16.2. The number of anilines is 1. The van der Waals surface area contributed by atoms with Crippen LogP contribution in [0.2, 0.25) is 0 Å². The van der Waals surface area contributed by atoms with Gasteiger partial charge in [-0.2, -0.15) is 0 Å². The largest absolute Gasteiger partial charge is 0.355 e. The molecule has 2 saturated carbocycles. The lowest BCUT2D eigenvalue weighted by Crippen LogP contribution is -2.48. The minimum Gasteiger partial charge on any atom is -0.355 e. The van der Waals surface area contributed by atoms with E-state index in [-0.39, 0.29) is 11.9 Å². The van der Waals surface area contributed by atoms with Gasteiger partial charge >= 0.3 is 0 Å². The highest BCUT2D eigenvalue weighted by Gasteiger charge is 2.52. The molecule has 4 aliphatic rings. The van der Waals surface area contributed by atoms with Gasteiger partial charge in [-0.15, -0.1) is 0 Å². The molecule has 0 aromatic carbocycles. The molecule has 3 N–H and O–H groups in total. The Kier molecular flexibility index (Phi) is 4.37. The Morgan fingerprint density at radius 2 is 2.10 bits per heavy atom. The summed E-state index contributed by atoms with van der Waals surface area (Å²) in [5.74, 6) is 1.57. The van der Waals surface area contributed by atoms with E-state index < -0.39 is 0 Å². The maximum atomic E-state index is 12.8. The van der Waals surface area contributed by atoms with E-state index in [1.165, 1.54) is 12.8 Å². The summed E-state index contributed by atoms with van der Waals surface area (Å²) < 4.78 is 1.97.